The minimum absolute atomic E-state index is 0.00563. The molecule has 0 bridgehead atoms. The number of guanidine groups is 1. The fourth-order valence-corrected chi connectivity index (χ4v) is 3.97. The van der Waals surface area contributed by atoms with Crippen molar-refractivity contribution in [1.82, 2.24) is 26.2 Å². The number of amides is 3. The van der Waals surface area contributed by atoms with Crippen LogP contribution in [-0.4, -0.2) is 85.2 Å². The predicted octanol–water partition coefficient (Wildman–Crippen LogP) is 0.0498. The first kappa shape index (κ1) is 26.8. The third-order valence-corrected chi connectivity index (χ3v) is 6.04. The molecule has 1 aromatic carbocycles. The molecule has 1 aromatic rings. The standard InChI is InChI=1S/C24H34N6O6/c31-20(7-4-10-25-23-26-11-12-27-23)30-13-8-18(9-14-30)21(32)28-15-19(22(33)34)29-24(35)36-16-17-5-2-1-3-6-17/h1-3,5-6,18-19H,4,7-16H2,(H,28,32)(H,29,35)(H,33,34)(H2,25,26,27)/t19-/m1/s1. The molecule has 1 saturated heterocycles. The van der Waals surface area contributed by atoms with Gasteiger partial charge in [-0.3, -0.25) is 14.6 Å². The molecule has 2 heterocycles. The molecule has 0 saturated carbocycles. The van der Waals surface area contributed by atoms with Crippen molar-refractivity contribution in [1.29, 1.82) is 0 Å². The number of benzene rings is 1. The van der Waals surface area contributed by atoms with Gasteiger partial charge < -0.3 is 36.0 Å². The molecule has 3 amide bonds. The van der Waals surface area contributed by atoms with Crippen molar-refractivity contribution in [3.8, 4) is 0 Å². The third-order valence-electron chi connectivity index (χ3n) is 6.04. The number of alkyl carbamates (subject to hydrolysis) is 1. The first-order valence-electron chi connectivity index (χ1n) is 12.2. The average molecular weight is 503 g/mol. The molecular weight excluding hydrogens is 468 g/mol. The van der Waals surface area contributed by atoms with Gasteiger partial charge in [0.1, 0.15) is 12.6 Å². The van der Waals surface area contributed by atoms with Gasteiger partial charge in [-0.05, 0) is 24.8 Å². The number of aliphatic imine (C=N–C) groups is 1. The Kier molecular flexibility index (Phi) is 10.3. The number of nitrogens with zero attached hydrogens (tertiary/aromatic N) is 2. The van der Waals surface area contributed by atoms with Gasteiger partial charge in [0.2, 0.25) is 11.8 Å². The van der Waals surface area contributed by atoms with E-state index in [0.717, 1.165) is 24.6 Å². The first-order chi connectivity index (χ1) is 17.4. The van der Waals surface area contributed by atoms with Crippen molar-refractivity contribution in [3.63, 3.8) is 0 Å². The van der Waals surface area contributed by atoms with Crippen molar-refractivity contribution in [2.24, 2.45) is 10.9 Å². The average Bonchev–Trinajstić information content (AvgIpc) is 3.41. The van der Waals surface area contributed by atoms with Crippen LogP contribution in [0.3, 0.4) is 0 Å². The zero-order valence-electron chi connectivity index (χ0n) is 20.2. The lowest BCUT2D eigenvalue weighted by Gasteiger charge is -2.31. The monoisotopic (exact) mass is 502 g/mol. The van der Waals surface area contributed by atoms with E-state index in [4.69, 9.17) is 4.74 Å². The van der Waals surface area contributed by atoms with E-state index in [1.165, 1.54) is 0 Å². The fraction of sp³-hybridized carbons (Fsp3) is 0.542. The molecule has 196 valence electrons. The minimum atomic E-state index is -1.32. The first-order valence-corrected chi connectivity index (χ1v) is 12.2. The molecule has 0 unspecified atom stereocenters. The van der Waals surface area contributed by atoms with Gasteiger partial charge in [0.25, 0.3) is 0 Å². The summed E-state index contributed by atoms with van der Waals surface area (Å²) in [6.45, 7) is 2.95. The molecule has 12 heteroatoms. The maximum Gasteiger partial charge on any atom is 0.408 e. The van der Waals surface area contributed by atoms with Crippen LogP contribution in [0.4, 0.5) is 4.79 Å². The number of carbonyl (C=O) groups excluding carboxylic acids is 3. The zero-order chi connectivity index (χ0) is 25.8. The maximum absolute atomic E-state index is 12.6. The summed E-state index contributed by atoms with van der Waals surface area (Å²) >= 11 is 0. The number of hydrogen-bond acceptors (Lipinski definition) is 8. The van der Waals surface area contributed by atoms with Crippen LogP contribution in [0.2, 0.25) is 0 Å². The highest BCUT2D eigenvalue weighted by Crippen LogP contribution is 2.18. The third kappa shape index (κ3) is 8.75. The highest BCUT2D eigenvalue weighted by atomic mass is 16.5. The molecule has 1 fully saturated rings. The van der Waals surface area contributed by atoms with Crippen LogP contribution in [-0.2, 0) is 25.7 Å². The van der Waals surface area contributed by atoms with Crippen molar-refractivity contribution in [3.05, 3.63) is 35.9 Å². The Bertz CT molecular complexity index is 932. The SMILES string of the molecule is O=C(N[C@H](CNC(=O)C1CCN(C(=O)CCCNC2=NCCN2)CC1)C(=O)O)OCc1ccccc1. The molecule has 1 atom stereocenters. The van der Waals surface area contributed by atoms with E-state index in [9.17, 15) is 24.3 Å². The Morgan fingerprint density at radius 1 is 1.17 bits per heavy atom. The van der Waals surface area contributed by atoms with Crippen molar-refractivity contribution in [2.45, 2.75) is 38.3 Å². The van der Waals surface area contributed by atoms with E-state index in [2.05, 4.69) is 26.3 Å². The highest BCUT2D eigenvalue weighted by Gasteiger charge is 2.28. The smallest absolute Gasteiger partial charge is 0.408 e. The summed E-state index contributed by atoms with van der Waals surface area (Å²) in [5.74, 6) is -1.05. The van der Waals surface area contributed by atoms with E-state index >= 15 is 0 Å². The quantitative estimate of drug-likeness (QED) is 0.265. The van der Waals surface area contributed by atoms with Crippen LogP contribution in [0.15, 0.2) is 35.3 Å². The second-order valence-electron chi connectivity index (χ2n) is 8.68. The van der Waals surface area contributed by atoms with Crippen LogP contribution < -0.4 is 21.3 Å². The van der Waals surface area contributed by atoms with Crippen LogP contribution in [0.1, 0.15) is 31.2 Å². The highest BCUT2D eigenvalue weighted by molar-refractivity contribution is 5.83. The molecule has 3 rings (SSSR count). The van der Waals surface area contributed by atoms with Crippen LogP contribution in [0.5, 0.6) is 0 Å². The predicted molar refractivity (Wildman–Crippen MR) is 131 cm³/mol. The second-order valence-corrected chi connectivity index (χ2v) is 8.68. The van der Waals surface area contributed by atoms with E-state index in [1.807, 2.05) is 6.07 Å². The minimum Gasteiger partial charge on any atom is -0.480 e. The largest absolute Gasteiger partial charge is 0.480 e. The van der Waals surface area contributed by atoms with Crippen LogP contribution in [0.25, 0.3) is 0 Å². The summed E-state index contributed by atoms with van der Waals surface area (Å²) < 4.78 is 5.05. The van der Waals surface area contributed by atoms with Crippen LogP contribution >= 0.6 is 0 Å². The van der Waals surface area contributed by atoms with Crippen LogP contribution in [0, 0.1) is 5.92 Å². The van der Waals surface area contributed by atoms with E-state index in [0.29, 0.717) is 45.3 Å². The number of likely N-dealkylation sites (tertiary alicyclic amines) is 1. The summed E-state index contributed by atoms with van der Waals surface area (Å²) in [5.41, 5.74) is 0.769. The molecule has 0 aromatic heterocycles. The van der Waals surface area contributed by atoms with E-state index in [-0.39, 0.29) is 30.9 Å². The molecule has 0 spiro atoms. The fourth-order valence-electron chi connectivity index (χ4n) is 3.97. The Hall–Kier alpha value is -3.83. The number of carboxylic acid groups (broad SMARTS) is 1. The number of hydrogen-bond donors (Lipinski definition) is 5. The Labute approximate surface area is 209 Å². The maximum atomic E-state index is 12.6. The number of rotatable bonds is 11. The topological polar surface area (TPSA) is 161 Å². The number of carboxylic acids is 1. The molecular formula is C24H34N6O6. The summed E-state index contributed by atoms with van der Waals surface area (Å²) in [6.07, 6.45) is 1.23. The zero-order valence-corrected chi connectivity index (χ0v) is 20.2. The Balaban J connectivity index is 1.32. The lowest BCUT2D eigenvalue weighted by atomic mass is 9.95. The van der Waals surface area contributed by atoms with Gasteiger partial charge in [0, 0.05) is 45.1 Å². The van der Waals surface area contributed by atoms with Gasteiger partial charge in [-0.25, -0.2) is 9.59 Å². The number of carbonyl (C=O) groups is 4. The number of ether oxygens (including phenoxy) is 1. The molecule has 2 aliphatic heterocycles. The molecule has 2 aliphatic rings. The Morgan fingerprint density at radius 2 is 1.92 bits per heavy atom. The molecule has 12 nitrogen and oxygen atoms in total. The summed E-state index contributed by atoms with van der Waals surface area (Å²) in [6, 6.07) is 7.68. The molecule has 0 aliphatic carbocycles. The summed E-state index contributed by atoms with van der Waals surface area (Å²) in [5, 5.41) is 20.5. The molecule has 36 heavy (non-hydrogen) atoms. The normalized spacial score (nSPS) is 16.3. The lowest BCUT2D eigenvalue weighted by Crippen LogP contribution is -2.50. The summed E-state index contributed by atoms with van der Waals surface area (Å²) in [7, 11) is 0. The van der Waals surface area contributed by atoms with Crippen molar-refractivity contribution in [2.75, 3.05) is 39.3 Å². The van der Waals surface area contributed by atoms with E-state index in [1.54, 1.807) is 29.2 Å². The van der Waals surface area contributed by atoms with Gasteiger partial charge in [-0.15, -0.1) is 0 Å². The van der Waals surface area contributed by atoms with Gasteiger partial charge >= 0.3 is 12.1 Å². The second kappa shape index (κ2) is 13.9. The van der Waals surface area contributed by atoms with Gasteiger partial charge in [-0.2, -0.15) is 0 Å². The van der Waals surface area contributed by atoms with E-state index < -0.39 is 18.1 Å². The van der Waals surface area contributed by atoms with Crippen molar-refractivity contribution < 1.29 is 29.0 Å². The van der Waals surface area contributed by atoms with Gasteiger partial charge in [0.15, 0.2) is 5.96 Å². The Morgan fingerprint density at radius 3 is 2.58 bits per heavy atom. The number of nitrogens with one attached hydrogen (secondary N) is 4. The lowest BCUT2D eigenvalue weighted by molar-refractivity contribution is -0.140. The molecule has 5 N–H and O–H groups in total. The number of aliphatic carboxylic acids is 1. The molecule has 0 radical (unpaired) electrons. The van der Waals surface area contributed by atoms with Gasteiger partial charge in [-0.1, -0.05) is 30.3 Å². The van der Waals surface area contributed by atoms with Gasteiger partial charge in [0.05, 0.1) is 6.54 Å². The van der Waals surface area contributed by atoms with Crippen molar-refractivity contribution >= 4 is 29.8 Å². The number of piperidine rings is 1. The summed E-state index contributed by atoms with van der Waals surface area (Å²) in [4.78, 5) is 54.5.